The van der Waals surface area contributed by atoms with Gasteiger partial charge in [-0.15, -0.1) is 0 Å². The molecule has 4 nitrogen and oxygen atoms in total. The van der Waals surface area contributed by atoms with Crippen LogP contribution >= 0.6 is 0 Å². The Kier molecular flexibility index (Phi) is 6.92. The van der Waals surface area contributed by atoms with Crippen LogP contribution in [0.25, 0.3) is 0 Å². The summed E-state index contributed by atoms with van der Waals surface area (Å²) >= 11 is 0. The maximum Gasteiger partial charge on any atom is 0.253 e. The maximum atomic E-state index is 12.2. The van der Waals surface area contributed by atoms with Crippen molar-refractivity contribution in [3.05, 3.63) is 35.4 Å². The molecule has 0 aliphatic rings. The van der Waals surface area contributed by atoms with E-state index in [1.165, 1.54) is 0 Å². The highest BCUT2D eigenvalue weighted by molar-refractivity contribution is 5.97. The first-order valence-electron chi connectivity index (χ1n) is 7.66. The average Bonchev–Trinajstić information content (AvgIpc) is 2.51. The number of hydrogen-bond acceptors (Lipinski definition) is 2. The third-order valence-corrected chi connectivity index (χ3v) is 3.58. The molecule has 1 aromatic rings. The molecule has 2 amide bonds. The van der Waals surface area contributed by atoms with Crippen molar-refractivity contribution in [1.29, 1.82) is 0 Å². The van der Waals surface area contributed by atoms with Gasteiger partial charge in [0.2, 0.25) is 0 Å². The molecule has 0 aliphatic carbocycles. The Hall–Kier alpha value is -1.84. The number of carbonyl (C=O) groups is 2. The fraction of sp³-hybridized carbons (Fsp3) is 0.529. The molecule has 1 N–H and O–H groups in total. The molecular formula is C17H26N2O2. The summed E-state index contributed by atoms with van der Waals surface area (Å²) in [6.45, 7) is 6.85. The van der Waals surface area contributed by atoms with Crippen molar-refractivity contribution in [1.82, 2.24) is 10.2 Å². The van der Waals surface area contributed by atoms with Crippen LogP contribution in [0.4, 0.5) is 0 Å². The third-order valence-electron chi connectivity index (χ3n) is 3.58. The molecule has 1 rings (SSSR count). The zero-order chi connectivity index (χ0) is 15.8. The first-order valence-corrected chi connectivity index (χ1v) is 7.66. The number of nitrogens with one attached hydrogen (secondary N) is 1. The number of carbonyl (C=O) groups excluding carboxylic acids is 2. The van der Waals surface area contributed by atoms with Gasteiger partial charge in [-0.2, -0.15) is 0 Å². The quantitative estimate of drug-likeness (QED) is 0.839. The van der Waals surface area contributed by atoms with Crippen molar-refractivity contribution in [2.45, 2.75) is 46.1 Å². The molecule has 0 aromatic heterocycles. The van der Waals surface area contributed by atoms with Gasteiger partial charge in [0.15, 0.2) is 0 Å². The smallest absolute Gasteiger partial charge is 0.253 e. The Labute approximate surface area is 127 Å². The minimum Gasteiger partial charge on any atom is -0.350 e. The molecule has 0 fully saturated rings. The standard InChI is InChI=1S/C17H26N2O2/c1-5-7-12-19(4)17(21)15-10-8-14(9-11-15)16(20)18-13(3)6-2/h8-11,13H,5-7,12H2,1-4H3,(H,18,20). The van der Waals surface area contributed by atoms with Gasteiger partial charge in [0, 0.05) is 30.8 Å². The highest BCUT2D eigenvalue weighted by Crippen LogP contribution is 2.08. The molecule has 116 valence electrons. The van der Waals surface area contributed by atoms with Crippen molar-refractivity contribution in [2.24, 2.45) is 0 Å². The van der Waals surface area contributed by atoms with Crippen molar-refractivity contribution in [3.8, 4) is 0 Å². The van der Waals surface area contributed by atoms with Crippen LogP contribution in [0.15, 0.2) is 24.3 Å². The summed E-state index contributed by atoms with van der Waals surface area (Å²) < 4.78 is 0. The van der Waals surface area contributed by atoms with Crippen LogP contribution in [0.3, 0.4) is 0 Å². The van der Waals surface area contributed by atoms with Gasteiger partial charge in [0.1, 0.15) is 0 Å². The summed E-state index contributed by atoms with van der Waals surface area (Å²) in [5.74, 6) is -0.0972. The Balaban J connectivity index is 2.69. The SMILES string of the molecule is CCCCN(C)C(=O)c1ccc(C(=O)NC(C)CC)cc1. The van der Waals surface area contributed by atoms with Crippen LogP contribution in [0.5, 0.6) is 0 Å². The highest BCUT2D eigenvalue weighted by Gasteiger charge is 2.13. The van der Waals surface area contributed by atoms with E-state index in [0.29, 0.717) is 11.1 Å². The van der Waals surface area contributed by atoms with E-state index >= 15 is 0 Å². The van der Waals surface area contributed by atoms with Crippen molar-refractivity contribution >= 4 is 11.8 Å². The summed E-state index contributed by atoms with van der Waals surface area (Å²) in [5, 5.41) is 2.91. The monoisotopic (exact) mass is 290 g/mol. The number of hydrogen-bond donors (Lipinski definition) is 1. The lowest BCUT2D eigenvalue weighted by Crippen LogP contribution is -2.32. The van der Waals surface area contributed by atoms with E-state index in [4.69, 9.17) is 0 Å². The predicted octanol–water partition coefficient (Wildman–Crippen LogP) is 3.09. The van der Waals surface area contributed by atoms with Gasteiger partial charge in [0.25, 0.3) is 11.8 Å². The molecule has 1 aromatic carbocycles. The normalized spacial score (nSPS) is 11.8. The summed E-state index contributed by atoms with van der Waals surface area (Å²) in [7, 11) is 1.81. The highest BCUT2D eigenvalue weighted by atomic mass is 16.2. The van der Waals surface area contributed by atoms with Gasteiger partial charge in [-0.1, -0.05) is 20.3 Å². The Morgan fingerprint density at radius 1 is 1.14 bits per heavy atom. The molecule has 0 aliphatic heterocycles. The summed E-state index contributed by atoms with van der Waals surface area (Å²) in [6, 6.07) is 7.00. The van der Waals surface area contributed by atoms with E-state index in [-0.39, 0.29) is 17.9 Å². The van der Waals surface area contributed by atoms with Crippen molar-refractivity contribution < 1.29 is 9.59 Å². The molecule has 4 heteroatoms. The molecule has 0 saturated heterocycles. The first kappa shape index (κ1) is 17.2. The van der Waals surface area contributed by atoms with Gasteiger partial charge in [-0.05, 0) is 44.0 Å². The van der Waals surface area contributed by atoms with E-state index in [0.717, 1.165) is 25.8 Å². The molecule has 1 atom stereocenters. The van der Waals surface area contributed by atoms with Crippen LogP contribution in [0.2, 0.25) is 0 Å². The predicted molar refractivity (Wildman–Crippen MR) is 85.5 cm³/mol. The van der Waals surface area contributed by atoms with Gasteiger partial charge >= 0.3 is 0 Å². The first-order chi connectivity index (χ1) is 9.99. The number of rotatable bonds is 7. The van der Waals surface area contributed by atoms with Gasteiger partial charge in [0.05, 0.1) is 0 Å². The second-order valence-corrected chi connectivity index (χ2v) is 5.44. The van der Waals surface area contributed by atoms with E-state index in [2.05, 4.69) is 12.2 Å². The molecular weight excluding hydrogens is 264 g/mol. The minimum atomic E-state index is -0.0947. The second kappa shape index (κ2) is 8.45. The molecule has 0 heterocycles. The molecule has 0 radical (unpaired) electrons. The van der Waals surface area contributed by atoms with Crippen LogP contribution in [-0.2, 0) is 0 Å². The van der Waals surface area contributed by atoms with Crippen LogP contribution in [0.1, 0.15) is 60.7 Å². The molecule has 0 spiro atoms. The minimum absolute atomic E-state index is 0.00247. The number of benzene rings is 1. The number of nitrogens with zero attached hydrogens (tertiary/aromatic N) is 1. The van der Waals surface area contributed by atoms with Crippen LogP contribution < -0.4 is 5.32 Å². The average molecular weight is 290 g/mol. The van der Waals surface area contributed by atoms with Gasteiger partial charge in [-0.3, -0.25) is 9.59 Å². The van der Waals surface area contributed by atoms with Gasteiger partial charge in [-0.25, -0.2) is 0 Å². The van der Waals surface area contributed by atoms with E-state index in [9.17, 15) is 9.59 Å². The molecule has 0 saturated carbocycles. The maximum absolute atomic E-state index is 12.2. The third kappa shape index (κ3) is 5.21. The summed E-state index contributed by atoms with van der Waals surface area (Å²) in [5.41, 5.74) is 1.21. The molecule has 1 unspecified atom stereocenters. The van der Waals surface area contributed by atoms with E-state index in [1.54, 1.807) is 29.2 Å². The number of unbranched alkanes of at least 4 members (excludes halogenated alkanes) is 1. The van der Waals surface area contributed by atoms with Gasteiger partial charge < -0.3 is 10.2 Å². The van der Waals surface area contributed by atoms with E-state index < -0.39 is 0 Å². The molecule has 21 heavy (non-hydrogen) atoms. The Bertz CT molecular complexity index is 468. The summed E-state index contributed by atoms with van der Waals surface area (Å²) in [6.07, 6.45) is 2.95. The van der Waals surface area contributed by atoms with E-state index in [1.807, 2.05) is 20.9 Å². The Morgan fingerprint density at radius 2 is 1.71 bits per heavy atom. The van der Waals surface area contributed by atoms with Crippen molar-refractivity contribution in [2.75, 3.05) is 13.6 Å². The van der Waals surface area contributed by atoms with Crippen LogP contribution in [-0.4, -0.2) is 36.3 Å². The fourth-order valence-corrected chi connectivity index (χ4v) is 1.89. The van der Waals surface area contributed by atoms with Crippen LogP contribution in [0, 0.1) is 0 Å². The fourth-order valence-electron chi connectivity index (χ4n) is 1.89. The second-order valence-electron chi connectivity index (χ2n) is 5.44. The summed E-state index contributed by atoms with van der Waals surface area (Å²) in [4.78, 5) is 25.9. The lowest BCUT2D eigenvalue weighted by Gasteiger charge is -2.17. The topological polar surface area (TPSA) is 49.4 Å². The lowest BCUT2D eigenvalue weighted by molar-refractivity contribution is 0.0792. The number of amides is 2. The zero-order valence-corrected chi connectivity index (χ0v) is 13.5. The van der Waals surface area contributed by atoms with Crippen molar-refractivity contribution in [3.63, 3.8) is 0 Å². The molecule has 0 bridgehead atoms. The Morgan fingerprint density at radius 3 is 2.24 bits per heavy atom. The lowest BCUT2D eigenvalue weighted by atomic mass is 10.1. The largest absolute Gasteiger partial charge is 0.350 e. The zero-order valence-electron chi connectivity index (χ0n) is 13.5.